The van der Waals surface area contributed by atoms with Gasteiger partial charge in [0.2, 0.25) is 0 Å². The summed E-state index contributed by atoms with van der Waals surface area (Å²) in [4.78, 5) is 19.6. The Morgan fingerprint density at radius 3 is 2.69 bits per heavy atom. The predicted molar refractivity (Wildman–Crippen MR) is 101 cm³/mol. The number of hydrazone groups is 1. The zero-order valence-electron chi connectivity index (χ0n) is 14.7. The molecule has 0 unspecified atom stereocenters. The normalized spacial score (nSPS) is 15.5. The largest absolute Gasteiger partial charge is 0.465 e. The number of aliphatic imine (C=N–C) groups is 1. The highest BCUT2D eigenvalue weighted by Crippen LogP contribution is 2.22. The number of benzene rings is 1. The summed E-state index contributed by atoms with van der Waals surface area (Å²) in [7, 11) is 1.37. The molecule has 0 saturated carbocycles. The zero-order chi connectivity index (χ0) is 18.7. The molecule has 136 valence electrons. The molecule has 1 aliphatic heterocycles. The number of amidine groups is 1. The third-order valence-electron chi connectivity index (χ3n) is 4.07. The summed E-state index contributed by atoms with van der Waals surface area (Å²) in [5.74, 6) is 0.00114. The van der Waals surface area contributed by atoms with Crippen LogP contribution in [-0.2, 0) is 11.3 Å². The van der Waals surface area contributed by atoms with Gasteiger partial charge in [0.25, 0.3) is 0 Å². The van der Waals surface area contributed by atoms with E-state index in [4.69, 9.17) is 4.74 Å². The van der Waals surface area contributed by atoms with Gasteiger partial charge in [0.1, 0.15) is 5.82 Å². The summed E-state index contributed by atoms with van der Waals surface area (Å²) in [6.45, 7) is 4.16. The monoisotopic (exact) mass is 374 g/mol. The third kappa shape index (κ3) is 3.80. The van der Waals surface area contributed by atoms with Gasteiger partial charge in [-0.05, 0) is 37.1 Å². The highest BCUT2D eigenvalue weighted by atomic mass is 32.2. The number of nitrogens with one attached hydrogen (secondary N) is 2. The average Bonchev–Trinajstić information content (AvgIpc) is 2.95. The number of esters is 1. The summed E-state index contributed by atoms with van der Waals surface area (Å²) in [6, 6.07) is 6.26. The van der Waals surface area contributed by atoms with Crippen molar-refractivity contribution in [2.24, 2.45) is 10.1 Å². The number of carbonyl (C=O) groups is 1. The molecule has 0 amide bonds. The molecule has 8 heteroatoms. The maximum Gasteiger partial charge on any atom is 0.339 e. The van der Waals surface area contributed by atoms with Crippen LogP contribution in [-0.4, -0.2) is 34.7 Å². The van der Waals surface area contributed by atoms with Gasteiger partial charge in [-0.25, -0.2) is 9.18 Å². The smallest absolute Gasteiger partial charge is 0.339 e. The molecule has 3 rings (SSSR count). The van der Waals surface area contributed by atoms with E-state index in [1.807, 2.05) is 13.8 Å². The molecule has 0 bridgehead atoms. The van der Waals surface area contributed by atoms with Crippen LogP contribution >= 0.6 is 11.8 Å². The number of hydrogen-bond acceptors (Lipinski definition) is 5. The van der Waals surface area contributed by atoms with Crippen molar-refractivity contribution in [3.8, 4) is 0 Å². The van der Waals surface area contributed by atoms with Crippen molar-refractivity contribution in [2.45, 2.75) is 20.4 Å². The van der Waals surface area contributed by atoms with Gasteiger partial charge in [-0.15, -0.1) is 0 Å². The zero-order valence-corrected chi connectivity index (χ0v) is 15.5. The van der Waals surface area contributed by atoms with Crippen LogP contribution in [0.3, 0.4) is 0 Å². The van der Waals surface area contributed by atoms with Gasteiger partial charge in [-0.1, -0.05) is 23.9 Å². The van der Waals surface area contributed by atoms with Crippen molar-refractivity contribution in [3.05, 3.63) is 58.2 Å². The Bertz CT molecular complexity index is 887. The molecular weight excluding hydrogens is 355 g/mol. The number of aromatic amines is 1. The van der Waals surface area contributed by atoms with Gasteiger partial charge in [0, 0.05) is 11.4 Å². The number of methoxy groups -OCH3 is 1. The molecular formula is C18H19FN4O2S. The van der Waals surface area contributed by atoms with Crippen molar-refractivity contribution >= 4 is 28.6 Å². The molecule has 1 aromatic carbocycles. The number of halogens is 1. The van der Waals surface area contributed by atoms with Gasteiger partial charge in [-0.2, -0.15) is 5.10 Å². The van der Waals surface area contributed by atoms with Gasteiger partial charge >= 0.3 is 5.97 Å². The number of ether oxygens (including phenoxy) is 1. The van der Waals surface area contributed by atoms with Crippen LogP contribution in [0, 0.1) is 19.7 Å². The first-order valence-corrected chi connectivity index (χ1v) is 9.00. The van der Waals surface area contributed by atoms with Gasteiger partial charge in [-0.3, -0.25) is 10.4 Å². The maximum absolute atomic E-state index is 12.9. The lowest BCUT2D eigenvalue weighted by atomic mass is 10.1. The van der Waals surface area contributed by atoms with E-state index in [0.717, 1.165) is 28.2 Å². The molecule has 1 aliphatic rings. The van der Waals surface area contributed by atoms with Crippen molar-refractivity contribution < 1.29 is 13.9 Å². The maximum atomic E-state index is 12.9. The van der Waals surface area contributed by atoms with Crippen LogP contribution in [0.25, 0.3) is 0 Å². The van der Waals surface area contributed by atoms with E-state index in [1.165, 1.54) is 31.0 Å². The highest BCUT2D eigenvalue weighted by Gasteiger charge is 2.23. The summed E-state index contributed by atoms with van der Waals surface area (Å²) >= 11 is 1.52. The minimum atomic E-state index is -0.360. The second-order valence-electron chi connectivity index (χ2n) is 5.82. The Balaban J connectivity index is 1.72. The average molecular weight is 374 g/mol. The number of carbonyl (C=O) groups excluding carboxylic acids is 1. The highest BCUT2D eigenvalue weighted by molar-refractivity contribution is 8.14. The molecule has 2 aromatic rings. The van der Waals surface area contributed by atoms with Crippen LogP contribution in [0.15, 0.2) is 34.4 Å². The Hall–Kier alpha value is -2.61. The molecule has 0 aliphatic carbocycles. The molecule has 1 aromatic heterocycles. The Morgan fingerprint density at radius 2 is 2.08 bits per heavy atom. The lowest BCUT2D eigenvalue weighted by molar-refractivity contribution is 0.0599. The van der Waals surface area contributed by atoms with Crippen LogP contribution in [0.2, 0.25) is 0 Å². The van der Waals surface area contributed by atoms with Crippen molar-refractivity contribution in [2.75, 3.05) is 12.9 Å². The molecule has 6 nitrogen and oxygen atoms in total. The summed E-state index contributed by atoms with van der Waals surface area (Å²) in [5.41, 5.74) is 7.62. The van der Waals surface area contributed by atoms with E-state index < -0.39 is 0 Å². The number of aromatic nitrogens is 1. The van der Waals surface area contributed by atoms with Gasteiger partial charge in [0.05, 0.1) is 30.6 Å². The second kappa shape index (κ2) is 7.74. The lowest BCUT2D eigenvalue weighted by Gasteiger charge is -2.14. The topological polar surface area (TPSA) is 78.8 Å². The van der Waals surface area contributed by atoms with E-state index in [0.29, 0.717) is 23.0 Å². The Kier molecular flexibility index (Phi) is 5.41. The minimum absolute atomic E-state index is 0.260. The molecule has 0 spiro atoms. The van der Waals surface area contributed by atoms with E-state index in [9.17, 15) is 9.18 Å². The van der Waals surface area contributed by atoms with E-state index in [1.54, 1.807) is 12.1 Å². The first-order valence-electron chi connectivity index (χ1n) is 8.01. The Morgan fingerprint density at radius 1 is 1.35 bits per heavy atom. The number of aryl methyl sites for hydroxylation is 1. The molecule has 26 heavy (non-hydrogen) atoms. The minimum Gasteiger partial charge on any atom is -0.465 e. The molecule has 0 saturated heterocycles. The summed E-state index contributed by atoms with van der Waals surface area (Å²) in [5, 5.41) is 5.08. The fourth-order valence-corrected chi connectivity index (χ4v) is 3.47. The standard InChI is InChI=1S/C18H19FN4O2S/c1-10-15(17(24)25-3)11(2)21-16(10)14-9-26-18(23-22-14)20-8-12-4-6-13(19)7-5-12/h4-7,21H,8-9H2,1-3H3,(H,20,23). The third-order valence-corrected chi connectivity index (χ3v) is 4.98. The fraction of sp³-hybridized carbons (Fsp3) is 0.278. The van der Waals surface area contributed by atoms with Crippen LogP contribution in [0.1, 0.15) is 32.9 Å². The molecule has 0 atom stereocenters. The summed E-state index contributed by atoms with van der Waals surface area (Å²) < 4.78 is 17.8. The quantitative estimate of drug-likeness (QED) is 0.806. The van der Waals surface area contributed by atoms with E-state index in [-0.39, 0.29) is 11.8 Å². The number of H-pyrrole nitrogens is 1. The predicted octanol–water partition coefficient (Wildman–Crippen LogP) is 3.15. The van der Waals surface area contributed by atoms with Gasteiger partial charge in [0.15, 0.2) is 5.17 Å². The van der Waals surface area contributed by atoms with E-state index in [2.05, 4.69) is 20.5 Å². The SMILES string of the molecule is COC(=O)c1c(C)[nH]c(C2=NNC(=NCc3ccc(F)cc3)SC2)c1C. The number of rotatable bonds is 4. The molecule has 0 fully saturated rings. The van der Waals surface area contributed by atoms with Crippen LogP contribution in [0.5, 0.6) is 0 Å². The van der Waals surface area contributed by atoms with E-state index >= 15 is 0 Å². The lowest BCUT2D eigenvalue weighted by Crippen LogP contribution is -2.26. The Labute approximate surface area is 154 Å². The second-order valence-corrected chi connectivity index (χ2v) is 6.79. The van der Waals surface area contributed by atoms with Crippen LogP contribution < -0.4 is 5.43 Å². The first-order chi connectivity index (χ1) is 12.5. The van der Waals surface area contributed by atoms with Gasteiger partial charge < -0.3 is 9.72 Å². The van der Waals surface area contributed by atoms with Crippen molar-refractivity contribution in [1.29, 1.82) is 0 Å². The first kappa shape index (κ1) is 18.2. The fourth-order valence-electron chi connectivity index (χ4n) is 2.73. The number of thioether (sulfide) groups is 1. The van der Waals surface area contributed by atoms with Crippen LogP contribution in [0.4, 0.5) is 4.39 Å². The van der Waals surface area contributed by atoms with Crippen molar-refractivity contribution in [1.82, 2.24) is 10.4 Å². The molecule has 2 N–H and O–H groups in total. The summed E-state index contributed by atoms with van der Waals surface area (Å²) in [6.07, 6.45) is 0. The molecule has 0 radical (unpaired) electrons. The number of hydrogen-bond donors (Lipinski definition) is 2. The molecule has 2 heterocycles. The van der Waals surface area contributed by atoms with Crippen molar-refractivity contribution in [3.63, 3.8) is 0 Å². The number of nitrogens with zero attached hydrogens (tertiary/aromatic N) is 2.